The van der Waals surface area contributed by atoms with E-state index in [-0.39, 0.29) is 18.3 Å². The maximum atomic E-state index is 6.26. The summed E-state index contributed by atoms with van der Waals surface area (Å²) >= 11 is 0. The lowest BCUT2D eigenvalue weighted by molar-refractivity contribution is 0.00578. The van der Waals surface area contributed by atoms with Crippen molar-refractivity contribution in [2.45, 2.75) is 57.7 Å². The lowest BCUT2D eigenvalue weighted by Crippen LogP contribution is -2.45. The summed E-state index contributed by atoms with van der Waals surface area (Å²) in [6, 6.07) is 6.87. The second-order valence-corrected chi connectivity index (χ2v) is 8.97. The summed E-state index contributed by atoms with van der Waals surface area (Å²) in [7, 11) is 1.95. The molecule has 3 fully saturated rings. The van der Waals surface area contributed by atoms with Gasteiger partial charge in [-0.2, -0.15) is 0 Å². The first-order chi connectivity index (χ1) is 11.8. The molecule has 0 spiro atoms. The number of hydrogen-bond acceptors (Lipinski definition) is 4. The number of rotatable bonds is 3. The van der Waals surface area contributed by atoms with Gasteiger partial charge in [0.2, 0.25) is 0 Å². The molecule has 0 amide bonds. The second kappa shape index (κ2) is 6.00. The van der Waals surface area contributed by atoms with Gasteiger partial charge in [0.25, 0.3) is 0 Å². The molecule has 3 aliphatic rings. The lowest BCUT2D eigenvalue weighted by atomic mass is 9.77. The Morgan fingerprint density at radius 2 is 1.56 bits per heavy atom. The molecule has 0 atom stereocenters. The van der Waals surface area contributed by atoms with Crippen molar-refractivity contribution in [1.29, 1.82) is 0 Å². The minimum absolute atomic E-state index is 0.260. The van der Waals surface area contributed by atoms with Crippen LogP contribution in [0.15, 0.2) is 18.2 Å². The van der Waals surface area contributed by atoms with Gasteiger partial charge in [0, 0.05) is 31.9 Å². The fourth-order valence-electron chi connectivity index (χ4n) is 3.76. The molecule has 0 aromatic heterocycles. The largest absolute Gasteiger partial charge is 0.494 e. The number of piperazine rings is 1. The molecule has 136 valence electrons. The van der Waals surface area contributed by atoms with Crippen LogP contribution in [0.5, 0.6) is 0 Å². The molecule has 0 radical (unpaired) electrons. The predicted octanol–water partition coefficient (Wildman–Crippen LogP) is 2.62. The average molecular weight is 342 g/mol. The summed E-state index contributed by atoms with van der Waals surface area (Å²) < 4.78 is 12.5. The van der Waals surface area contributed by atoms with Gasteiger partial charge in [-0.25, -0.2) is 0 Å². The smallest absolute Gasteiger partial charge is 0.399 e. The van der Waals surface area contributed by atoms with Crippen LogP contribution in [-0.4, -0.2) is 56.4 Å². The zero-order valence-corrected chi connectivity index (χ0v) is 16.3. The number of nitrogens with zero attached hydrogens (tertiary/aromatic N) is 2. The van der Waals surface area contributed by atoms with Gasteiger partial charge in [-0.15, -0.1) is 0 Å². The zero-order chi connectivity index (χ0) is 17.8. The minimum atomic E-state index is -0.284. The van der Waals surface area contributed by atoms with Gasteiger partial charge in [-0.1, -0.05) is 12.1 Å². The van der Waals surface area contributed by atoms with Gasteiger partial charge in [0.15, 0.2) is 0 Å². The van der Waals surface area contributed by atoms with Gasteiger partial charge in [-0.3, -0.25) is 0 Å². The van der Waals surface area contributed by atoms with E-state index in [1.54, 1.807) is 0 Å². The first-order valence-electron chi connectivity index (χ1n) is 9.70. The third kappa shape index (κ3) is 3.22. The van der Waals surface area contributed by atoms with Crippen LogP contribution >= 0.6 is 0 Å². The van der Waals surface area contributed by atoms with Crippen LogP contribution in [-0.2, 0) is 9.31 Å². The highest BCUT2D eigenvalue weighted by Crippen LogP contribution is 2.44. The molecule has 2 aliphatic heterocycles. The Hall–Kier alpha value is -1.04. The van der Waals surface area contributed by atoms with Crippen molar-refractivity contribution < 1.29 is 9.31 Å². The highest BCUT2D eigenvalue weighted by molar-refractivity contribution is 6.62. The predicted molar refractivity (Wildman–Crippen MR) is 104 cm³/mol. The van der Waals surface area contributed by atoms with E-state index in [1.807, 2.05) is 0 Å². The summed E-state index contributed by atoms with van der Waals surface area (Å²) in [5, 5.41) is 0. The van der Waals surface area contributed by atoms with E-state index in [4.69, 9.17) is 9.31 Å². The molecule has 0 bridgehead atoms. The third-order valence-corrected chi connectivity index (χ3v) is 6.44. The molecule has 2 saturated heterocycles. The number of hydrogen-bond donors (Lipinski definition) is 0. The first kappa shape index (κ1) is 17.4. The molecule has 1 aromatic rings. The van der Waals surface area contributed by atoms with Crippen molar-refractivity contribution in [3.63, 3.8) is 0 Å². The highest BCUT2D eigenvalue weighted by Gasteiger charge is 2.51. The zero-order valence-electron chi connectivity index (χ0n) is 16.3. The number of anilines is 1. The topological polar surface area (TPSA) is 24.9 Å². The Balaban J connectivity index is 1.60. The molecule has 0 unspecified atom stereocenters. The third-order valence-electron chi connectivity index (χ3n) is 6.44. The maximum absolute atomic E-state index is 6.26. The van der Waals surface area contributed by atoms with Gasteiger partial charge in [0.05, 0.1) is 11.2 Å². The summed E-state index contributed by atoms with van der Waals surface area (Å²) in [6.45, 7) is 13.0. The van der Waals surface area contributed by atoms with Crippen LogP contribution in [0.1, 0.15) is 52.0 Å². The fraction of sp³-hybridized carbons (Fsp3) is 0.700. The minimum Gasteiger partial charge on any atom is -0.399 e. The van der Waals surface area contributed by atoms with E-state index in [0.717, 1.165) is 32.1 Å². The SMILES string of the molecule is CN1CCN(c2ccc(B3OC(C)(C)C(C)(C)O3)cc2C2CC2)CC1. The fourth-order valence-corrected chi connectivity index (χ4v) is 3.76. The van der Waals surface area contributed by atoms with Crippen molar-refractivity contribution in [1.82, 2.24) is 4.90 Å². The molecule has 0 N–H and O–H groups in total. The van der Waals surface area contributed by atoms with E-state index >= 15 is 0 Å². The Morgan fingerprint density at radius 3 is 2.12 bits per heavy atom. The van der Waals surface area contributed by atoms with E-state index < -0.39 is 0 Å². The Labute approximate surface area is 152 Å². The molecule has 2 heterocycles. The normalized spacial score (nSPS) is 26.3. The van der Waals surface area contributed by atoms with Crippen molar-refractivity contribution in [3.05, 3.63) is 23.8 Å². The monoisotopic (exact) mass is 342 g/mol. The van der Waals surface area contributed by atoms with Gasteiger partial charge in [0.1, 0.15) is 0 Å². The molecular weight excluding hydrogens is 311 g/mol. The highest BCUT2D eigenvalue weighted by atomic mass is 16.7. The summed E-state index contributed by atoms with van der Waals surface area (Å²) in [5.74, 6) is 0.719. The molecule has 1 aliphatic carbocycles. The lowest BCUT2D eigenvalue weighted by Gasteiger charge is -2.35. The molecule has 1 saturated carbocycles. The summed E-state index contributed by atoms with van der Waals surface area (Å²) in [4.78, 5) is 4.97. The van der Waals surface area contributed by atoms with Crippen LogP contribution < -0.4 is 10.4 Å². The van der Waals surface area contributed by atoms with E-state index in [0.29, 0.717) is 0 Å². The van der Waals surface area contributed by atoms with Gasteiger partial charge >= 0.3 is 7.12 Å². The summed E-state index contributed by atoms with van der Waals surface area (Å²) in [6.07, 6.45) is 2.63. The van der Waals surface area contributed by atoms with Gasteiger partial charge < -0.3 is 19.1 Å². The number of benzene rings is 1. The summed E-state index contributed by atoms with van der Waals surface area (Å²) in [5.41, 5.74) is 3.52. The van der Waals surface area contributed by atoms with Crippen LogP contribution in [0.2, 0.25) is 0 Å². The van der Waals surface area contributed by atoms with Crippen LogP contribution in [0.25, 0.3) is 0 Å². The molecule has 4 rings (SSSR count). The molecule has 4 nitrogen and oxygen atoms in total. The quantitative estimate of drug-likeness (QED) is 0.789. The van der Waals surface area contributed by atoms with Crippen molar-refractivity contribution in [2.75, 3.05) is 38.1 Å². The Kier molecular flexibility index (Phi) is 4.17. The first-order valence-corrected chi connectivity index (χ1v) is 9.70. The second-order valence-electron chi connectivity index (χ2n) is 8.97. The van der Waals surface area contributed by atoms with Crippen LogP contribution in [0.3, 0.4) is 0 Å². The molecular formula is C20H31BN2O2. The molecule has 5 heteroatoms. The maximum Gasteiger partial charge on any atom is 0.494 e. The number of likely N-dealkylation sites (N-methyl/N-ethyl adjacent to an activating group) is 1. The Bertz CT molecular complexity index is 633. The van der Waals surface area contributed by atoms with Crippen molar-refractivity contribution in [2.24, 2.45) is 0 Å². The average Bonchev–Trinajstić information content (AvgIpc) is 3.35. The Morgan fingerprint density at radius 1 is 0.960 bits per heavy atom. The van der Waals surface area contributed by atoms with E-state index in [9.17, 15) is 0 Å². The van der Waals surface area contributed by atoms with E-state index in [1.165, 1.54) is 29.6 Å². The van der Waals surface area contributed by atoms with Crippen LogP contribution in [0.4, 0.5) is 5.69 Å². The van der Waals surface area contributed by atoms with E-state index in [2.05, 4.69) is 62.7 Å². The molecule has 1 aromatic carbocycles. The van der Waals surface area contributed by atoms with Crippen LogP contribution in [0, 0.1) is 0 Å². The standard InChI is InChI=1S/C20H31BN2O2/c1-19(2)20(3,4)25-21(24-19)16-8-9-18(17(14-16)15-6-7-15)23-12-10-22(5)11-13-23/h8-9,14-15H,6-7,10-13H2,1-5H3. The van der Waals surface area contributed by atoms with Crippen molar-refractivity contribution >= 4 is 18.3 Å². The van der Waals surface area contributed by atoms with Crippen molar-refractivity contribution in [3.8, 4) is 0 Å². The molecule has 25 heavy (non-hydrogen) atoms. The van der Waals surface area contributed by atoms with Gasteiger partial charge in [-0.05, 0) is 70.6 Å².